The number of hydrogen-bond donors (Lipinski definition) is 1. The maximum absolute atomic E-state index is 6.04. The molecule has 0 saturated heterocycles. The number of nitrogens with one attached hydrogen (secondary N) is 1. The van der Waals surface area contributed by atoms with Gasteiger partial charge in [-0.15, -0.1) is 0 Å². The lowest BCUT2D eigenvalue weighted by atomic mass is 9.85. The molecule has 1 saturated carbocycles. The summed E-state index contributed by atoms with van der Waals surface area (Å²) in [6.07, 6.45) is 1.18. The Balaban J connectivity index is 1.91. The number of hydrogen-bond acceptors (Lipinski definition) is 4. The topological polar surface area (TPSA) is 39.7 Å². The highest BCUT2D eigenvalue weighted by atomic mass is 127. The molecule has 106 valence electrons. The van der Waals surface area contributed by atoms with Crippen LogP contribution in [0.5, 0.6) is 5.75 Å². The van der Waals surface area contributed by atoms with Crippen molar-refractivity contribution in [1.82, 2.24) is 5.32 Å². The Morgan fingerprint density at radius 3 is 2.79 bits per heavy atom. The molecule has 5 heteroatoms. The normalized spacial score (nSPS) is 25.9. The minimum Gasteiger partial charge on any atom is -0.486 e. The van der Waals surface area contributed by atoms with Crippen LogP contribution in [-0.2, 0) is 9.47 Å². The van der Waals surface area contributed by atoms with Crippen LogP contribution in [0, 0.1) is 3.57 Å². The Bertz CT molecular complexity index is 402. The fourth-order valence-corrected chi connectivity index (χ4v) is 2.69. The summed E-state index contributed by atoms with van der Waals surface area (Å²) in [6, 6.07) is 8.42. The van der Waals surface area contributed by atoms with Crippen molar-refractivity contribution in [3.8, 4) is 5.75 Å². The van der Waals surface area contributed by atoms with Crippen molar-refractivity contribution in [3.05, 3.63) is 27.8 Å². The molecule has 1 fully saturated rings. The van der Waals surface area contributed by atoms with E-state index in [-0.39, 0.29) is 12.2 Å². The zero-order valence-corrected chi connectivity index (χ0v) is 13.4. The second-order valence-corrected chi connectivity index (χ2v) is 5.71. The van der Waals surface area contributed by atoms with Gasteiger partial charge in [-0.3, -0.25) is 0 Å². The van der Waals surface area contributed by atoms with E-state index in [1.807, 2.05) is 31.3 Å². The monoisotopic (exact) mass is 377 g/mol. The van der Waals surface area contributed by atoms with Crippen molar-refractivity contribution in [3.63, 3.8) is 0 Å². The van der Waals surface area contributed by atoms with Gasteiger partial charge < -0.3 is 19.5 Å². The molecule has 0 aliphatic heterocycles. The quantitative estimate of drug-likeness (QED) is 0.584. The van der Waals surface area contributed by atoms with Gasteiger partial charge in [0, 0.05) is 19.6 Å². The van der Waals surface area contributed by atoms with E-state index in [2.05, 4.69) is 27.9 Å². The third-order valence-corrected chi connectivity index (χ3v) is 4.22. The molecule has 3 unspecified atom stereocenters. The van der Waals surface area contributed by atoms with Gasteiger partial charge in [-0.25, -0.2) is 0 Å². The lowest BCUT2D eigenvalue weighted by molar-refractivity contribution is -0.114. The predicted octanol–water partition coefficient (Wildman–Crippen LogP) is 2.06. The van der Waals surface area contributed by atoms with Crippen LogP contribution >= 0.6 is 22.6 Å². The predicted molar refractivity (Wildman–Crippen MR) is 82.7 cm³/mol. The Morgan fingerprint density at radius 2 is 2.11 bits per heavy atom. The fourth-order valence-electron chi connectivity index (χ4n) is 2.17. The molecule has 0 amide bonds. The third kappa shape index (κ3) is 3.81. The molecular weight excluding hydrogens is 357 g/mol. The van der Waals surface area contributed by atoms with E-state index in [0.717, 1.165) is 15.7 Å². The smallest absolute Gasteiger partial charge is 0.133 e. The van der Waals surface area contributed by atoms with E-state index in [0.29, 0.717) is 19.3 Å². The van der Waals surface area contributed by atoms with Gasteiger partial charge in [0.1, 0.15) is 18.0 Å². The van der Waals surface area contributed by atoms with Gasteiger partial charge in [0.05, 0.1) is 16.8 Å². The van der Waals surface area contributed by atoms with Crippen LogP contribution in [0.15, 0.2) is 24.3 Å². The number of methoxy groups -OCH3 is 1. The zero-order valence-electron chi connectivity index (χ0n) is 11.3. The SMILES string of the molecule is CNC1CC(Oc2ccccc2I)C1OCCOC. The first kappa shape index (κ1) is 15.0. The molecule has 1 aromatic rings. The van der Waals surface area contributed by atoms with Crippen LogP contribution in [0.4, 0.5) is 0 Å². The van der Waals surface area contributed by atoms with Gasteiger partial charge in [0.25, 0.3) is 0 Å². The summed E-state index contributed by atoms with van der Waals surface area (Å²) >= 11 is 2.29. The molecular formula is C14H20INO3. The van der Waals surface area contributed by atoms with E-state index in [1.165, 1.54) is 0 Å². The van der Waals surface area contributed by atoms with Crippen LogP contribution in [0.3, 0.4) is 0 Å². The minimum atomic E-state index is 0.0937. The zero-order chi connectivity index (χ0) is 13.7. The van der Waals surface area contributed by atoms with Crippen LogP contribution in [0.1, 0.15) is 6.42 Å². The lowest BCUT2D eigenvalue weighted by Crippen LogP contribution is -2.60. The average molecular weight is 377 g/mol. The Morgan fingerprint density at radius 1 is 1.32 bits per heavy atom. The molecule has 0 bridgehead atoms. The first-order valence-electron chi connectivity index (χ1n) is 6.45. The number of ether oxygens (including phenoxy) is 3. The van der Waals surface area contributed by atoms with Crippen LogP contribution in [-0.4, -0.2) is 45.6 Å². The van der Waals surface area contributed by atoms with Crippen LogP contribution in [0.25, 0.3) is 0 Å². The molecule has 1 aliphatic carbocycles. The molecule has 1 N–H and O–H groups in total. The lowest BCUT2D eigenvalue weighted by Gasteiger charge is -2.43. The maximum Gasteiger partial charge on any atom is 0.133 e. The van der Waals surface area contributed by atoms with Crippen molar-refractivity contribution in [2.75, 3.05) is 27.4 Å². The van der Waals surface area contributed by atoms with Crippen molar-refractivity contribution in [1.29, 1.82) is 0 Å². The van der Waals surface area contributed by atoms with Crippen LogP contribution < -0.4 is 10.1 Å². The number of likely N-dealkylation sites (N-methyl/N-ethyl adjacent to an activating group) is 1. The van der Waals surface area contributed by atoms with Crippen LogP contribution in [0.2, 0.25) is 0 Å². The molecule has 0 radical (unpaired) electrons. The average Bonchev–Trinajstić information content (AvgIpc) is 2.41. The van der Waals surface area contributed by atoms with E-state index < -0.39 is 0 Å². The van der Waals surface area contributed by atoms with Crippen molar-refractivity contribution >= 4 is 22.6 Å². The van der Waals surface area contributed by atoms with Crippen molar-refractivity contribution in [2.45, 2.75) is 24.7 Å². The van der Waals surface area contributed by atoms with Gasteiger partial charge in [-0.1, -0.05) is 12.1 Å². The molecule has 19 heavy (non-hydrogen) atoms. The molecule has 0 heterocycles. The molecule has 3 atom stereocenters. The number of halogens is 1. The molecule has 4 nitrogen and oxygen atoms in total. The first-order valence-corrected chi connectivity index (χ1v) is 7.53. The van der Waals surface area contributed by atoms with Gasteiger partial charge in [0.15, 0.2) is 0 Å². The summed E-state index contributed by atoms with van der Waals surface area (Å²) in [5.74, 6) is 0.933. The summed E-state index contributed by atoms with van der Waals surface area (Å²) in [6.45, 7) is 1.22. The van der Waals surface area contributed by atoms with E-state index in [4.69, 9.17) is 14.2 Å². The second-order valence-electron chi connectivity index (χ2n) is 4.55. The second kappa shape index (κ2) is 7.42. The number of para-hydroxylation sites is 1. The molecule has 0 aromatic heterocycles. The number of rotatable bonds is 7. The third-order valence-electron chi connectivity index (χ3n) is 3.33. The van der Waals surface area contributed by atoms with Gasteiger partial charge in [-0.05, 0) is 41.8 Å². The highest BCUT2D eigenvalue weighted by Gasteiger charge is 2.43. The summed E-state index contributed by atoms with van der Waals surface area (Å²) in [4.78, 5) is 0. The molecule has 1 aromatic carbocycles. The molecule has 1 aliphatic rings. The van der Waals surface area contributed by atoms with Gasteiger partial charge in [0.2, 0.25) is 0 Å². The Hall–Kier alpha value is -0.370. The van der Waals surface area contributed by atoms with Gasteiger partial charge >= 0.3 is 0 Å². The summed E-state index contributed by atoms with van der Waals surface area (Å²) in [7, 11) is 3.64. The van der Waals surface area contributed by atoms with Gasteiger partial charge in [-0.2, -0.15) is 0 Å². The Kier molecular flexibility index (Phi) is 5.87. The summed E-state index contributed by atoms with van der Waals surface area (Å²) in [5, 5.41) is 3.26. The highest BCUT2D eigenvalue weighted by Crippen LogP contribution is 2.31. The molecule has 0 spiro atoms. The van der Waals surface area contributed by atoms with E-state index >= 15 is 0 Å². The number of benzene rings is 1. The minimum absolute atomic E-state index is 0.0937. The summed E-state index contributed by atoms with van der Waals surface area (Å²) < 4.78 is 18.0. The fraction of sp³-hybridized carbons (Fsp3) is 0.571. The first-order chi connectivity index (χ1) is 9.26. The Labute approximate surface area is 127 Å². The standard InChI is InChI=1S/C14H20INO3/c1-16-11-9-13(14(11)18-8-7-17-2)19-12-6-4-3-5-10(12)15/h3-6,11,13-14,16H,7-9H2,1-2H3. The molecule has 2 rings (SSSR count). The summed E-state index contributed by atoms with van der Waals surface area (Å²) in [5.41, 5.74) is 0. The highest BCUT2D eigenvalue weighted by molar-refractivity contribution is 14.1. The largest absolute Gasteiger partial charge is 0.486 e. The van der Waals surface area contributed by atoms with E-state index in [1.54, 1.807) is 7.11 Å². The van der Waals surface area contributed by atoms with Crippen molar-refractivity contribution in [2.24, 2.45) is 0 Å². The van der Waals surface area contributed by atoms with E-state index in [9.17, 15) is 0 Å². The maximum atomic E-state index is 6.04. The van der Waals surface area contributed by atoms with Crippen molar-refractivity contribution < 1.29 is 14.2 Å².